The Morgan fingerprint density at radius 3 is 3.00 bits per heavy atom. The summed E-state index contributed by atoms with van der Waals surface area (Å²) in [4.78, 5) is 22.7. The number of rotatable bonds is 3. The lowest BCUT2D eigenvalue weighted by Crippen LogP contribution is -2.41. The molecule has 0 spiro atoms. The molecular weight excluding hydrogens is 258 g/mol. The average Bonchev–Trinajstić information content (AvgIpc) is 2.66. The zero-order valence-corrected chi connectivity index (χ0v) is 11.5. The number of hydrogen-bond donors (Lipinski definition) is 2. The van der Waals surface area contributed by atoms with Crippen LogP contribution in [-0.4, -0.2) is 30.0 Å². The molecular formula is C14H19N3O3. The van der Waals surface area contributed by atoms with E-state index in [2.05, 4.69) is 10.6 Å². The Hall–Kier alpha value is -1.95. The second kappa shape index (κ2) is 6.47. The fourth-order valence-corrected chi connectivity index (χ4v) is 2.40. The summed E-state index contributed by atoms with van der Waals surface area (Å²) < 4.78 is 0. The quantitative estimate of drug-likeness (QED) is 0.651. The van der Waals surface area contributed by atoms with Crippen LogP contribution in [-0.2, 0) is 0 Å². The predicted molar refractivity (Wildman–Crippen MR) is 75.8 cm³/mol. The summed E-state index contributed by atoms with van der Waals surface area (Å²) in [5.41, 5.74) is 0.827. The van der Waals surface area contributed by atoms with E-state index in [0.717, 1.165) is 31.4 Å². The Kier molecular flexibility index (Phi) is 4.68. The number of nitrogens with one attached hydrogen (secondary N) is 2. The smallest absolute Gasteiger partial charge is 0.282 e. The lowest BCUT2D eigenvalue weighted by Gasteiger charge is -2.16. The Morgan fingerprint density at radius 2 is 2.25 bits per heavy atom. The van der Waals surface area contributed by atoms with Gasteiger partial charge in [0, 0.05) is 18.7 Å². The summed E-state index contributed by atoms with van der Waals surface area (Å²) in [5.74, 6) is -0.367. The maximum Gasteiger partial charge on any atom is 0.282 e. The molecule has 1 aromatic carbocycles. The van der Waals surface area contributed by atoms with Gasteiger partial charge >= 0.3 is 0 Å². The van der Waals surface area contributed by atoms with Crippen molar-refractivity contribution >= 4 is 11.6 Å². The number of hydrogen-bond acceptors (Lipinski definition) is 4. The normalized spacial score (nSPS) is 19.1. The first-order valence-electron chi connectivity index (χ1n) is 6.84. The monoisotopic (exact) mass is 277 g/mol. The van der Waals surface area contributed by atoms with Gasteiger partial charge in [-0.05, 0) is 37.9 Å². The zero-order chi connectivity index (χ0) is 14.5. The van der Waals surface area contributed by atoms with E-state index in [1.165, 1.54) is 6.07 Å². The van der Waals surface area contributed by atoms with Crippen molar-refractivity contribution in [1.29, 1.82) is 0 Å². The van der Waals surface area contributed by atoms with E-state index < -0.39 is 4.92 Å². The Balaban J connectivity index is 2.15. The van der Waals surface area contributed by atoms with Crippen molar-refractivity contribution in [3.63, 3.8) is 0 Å². The number of amides is 1. The van der Waals surface area contributed by atoms with Crippen LogP contribution in [0.3, 0.4) is 0 Å². The third kappa shape index (κ3) is 3.54. The number of nitrogens with zero attached hydrogens (tertiary/aromatic N) is 1. The van der Waals surface area contributed by atoms with Crippen LogP contribution in [0.5, 0.6) is 0 Å². The summed E-state index contributed by atoms with van der Waals surface area (Å²) >= 11 is 0. The highest BCUT2D eigenvalue weighted by Gasteiger charge is 2.22. The van der Waals surface area contributed by atoms with Crippen LogP contribution in [0.25, 0.3) is 0 Å². The van der Waals surface area contributed by atoms with Gasteiger partial charge in [-0.3, -0.25) is 14.9 Å². The molecule has 0 aromatic heterocycles. The molecule has 1 aliphatic rings. The van der Waals surface area contributed by atoms with E-state index in [9.17, 15) is 14.9 Å². The summed E-state index contributed by atoms with van der Waals surface area (Å²) in [6.07, 6.45) is 3.04. The fourth-order valence-electron chi connectivity index (χ4n) is 2.40. The molecule has 108 valence electrons. The van der Waals surface area contributed by atoms with Gasteiger partial charge in [0.2, 0.25) is 0 Å². The van der Waals surface area contributed by atoms with E-state index in [1.54, 1.807) is 12.1 Å². The molecule has 1 amide bonds. The van der Waals surface area contributed by atoms with E-state index in [-0.39, 0.29) is 23.2 Å². The van der Waals surface area contributed by atoms with Crippen molar-refractivity contribution in [3.05, 3.63) is 39.4 Å². The molecule has 2 N–H and O–H groups in total. The molecule has 1 aromatic rings. The summed E-state index contributed by atoms with van der Waals surface area (Å²) in [5, 5.41) is 17.1. The van der Waals surface area contributed by atoms with Crippen LogP contribution < -0.4 is 10.6 Å². The molecule has 1 aliphatic heterocycles. The van der Waals surface area contributed by atoms with Gasteiger partial charge in [0.25, 0.3) is 11.6 Å². The largest absolute Gasteiger partial charge is 0.348 e. The van der Waals surface area contributed by atoms with Crippen molar-refractivity contribution in [3.8, 4) is 0 Å². The number of benzene rings is 1. The molecule has 1 atom stereocenters. The SMILES string of the molecule is Cc1ccc([N+](=O)[O-])c(C(=O)NC2CCCCNC2)c1. The average molecular weight is 277 g/mol. The Morgan fingerprint density at radius 1 is 1.45 bits per heavy atom. The summed E-state index contributed by atoms with van der Waals surface area (Å²) in [6.45, 7) is 3.48. The minimum atomic E-state index is -0.514. The molecule has 6 heteroatoms. The van der Waals surface area contributed by atoms with Gasteiger partial charge in [-0.1, -0.05) is 12.5 Å². The summed E-state index contributed by atoms with van der Waals surface area (Å²) in [7, 11) is 0. The number of carbonyl (C=O) groups excluding carboxylic acids is 1. The maximum atomic E-state index is 12.3. The first kappa shape index (κ1) is 14.5. The van der Waals surface area contributed by atoms with Gasteiger partial charge in [0.1, 0.15) is 5.56 Å². The maximum absolute atomic E-state index is 12.3. The third-order valence-electron chi connectivity index (χ3n) is 3.48. The van der Waals surface area contributed by atoms with Crippen LogP contribution in [0.2, 0.25) is 0 Å². The van der Waals surface area contributed by atoms with Crippen molar-refractivity contribution in [2.75, 3.05) is 13.1 Å². The third-order valence-corrected chi connectivity index (χ3v) is 3.48. The van der Waals surface area contributed by atoms with Crippen LogP contribution in [0, 0.1) is 17.0 Å². The molecule has 1 unspecified atom stereocenters. The fraction of sp³-hybridized carbons (Fsp3) is 0.500. The second-order valence-electron chi connectivity index (χ2n) is 5.15. The number of carbonyl (C=O) groups is 1. The Bertz CT molecular complexity index is 508. The Labute approximate surface area is 117 Å². The van der Waals surface area contributed by atoms with E-state index >= 15 is 0 Å². The predicted octanol–water partition coefficient (Wildman–Crippen LogP) is 1.78. The number of aryl methyl sites for hydroxylation is 1. The highest BCUT2D eigenvalue weighted by Crippen LogP contribution is 2.20. The van der Waals surface area contributed by atoms with E-state index in [1.807, 2.05) is 6.92 Å². The molecule has 1 saturated heterocycles. The van der Waals surface area contributed by atoms with Crippen molar-refractivity contribution in [2.45, 2.75) is 32.2 Å². The highest BCUT2D eigenvalue weighted by atomic mass is 16.6. The van der Waals surface area contributed by atoms with Gasteiger partial charge in [0.05, 0.1) is 4.92 Å². The van der Waals surface area contributed by atoms with Crippen LogP contribution in [0.15, 0.2) is 18.2 Å². The van der Waals surface area contributed by atoms with Crippen LogP contribution >= 0.6 is 0 Å². The van der Waals surface area contributed by atoms with Gasteiger partial charge < -0.3 is 10.6 Å². The minimum absolute atomic E-state index is 0.0325. The molecule has 0 radical (unpaired) electrons. The molecule has 0 saturated carbocycles. The van der Waals surface area contributed by atoms with Crippen LogP contribution in [0.4, 0.5) is 5.69 Å². The molecule has 0 aliphatic carbocycles. The van der Waals surface area contributed by atoms with Crippen molar-refractivity contribution < 1.29 is 9.72 Å². The number of nitro benzene ring substituents is 1. The van der Waals surface area contributed by atoms with E-state index in [0.29, 0.717) is 6.54 Å². The molecule has 0 bridgehead atoms. The lowest BCUT2D eigenvalue weighted by atomic mass is 10.1. The lowest BCUT2D eigenvalue weighted by molar-refractivity contribution is -0.385. The summed E-state index contributed by atoms with van der Waals surface area (Å²) in [6, 6.07) is 4.63. The van der Waals surface area contributed by atoms with Crippen LogP contribution in [0.1, 0.15) is 35.2 Å². The van der Waals surface area contributed by atoms with Crippen molar-refractivity contribution in [2.24, 2.45) is 0 Å². The van der Waals surface area contributed by atoms with Gasteiger partial charge in [0.15, 0.2) is 0 Å². The second-order valence-corrected chi connectivity index (χ2v) is 5.15. The zero-order valence-electron chi connectivity index (χ0n) is 11.5. The van der Waals surface area contributed by atoms with Gasteiger partial charge in [-0.25, -0.2) is 0 Å². The number of nitro groups is 1. The molecule has 6 nitrogen and oxygen atoms in total. The van der Waals surface area contributed by atoms with Gasteiger partial charge in [-0.15, -0.1) is 0 Å². The topological polar surface area (TPSA) is 84.3 Å². The molecule has 2 rings (SSSR count). The van der Waals surface area contributed by atoms with E-state index in [4.69, 9.17) is 0 Å². The first-order valence-corrected chi connectivity index (χ1v) is 6.84. The molecule has 1 heterocycles. The highest BCUT2D eigenvalue weighted by molar-refractivity contribution is 5.98. The minimum Gasteiger partial charge on any atom is -0.348 e. The molecule has 1 fully saturated rings. The van der Waals surface area contributed by atoms with Gasteiger partial charge in [-0.2, -0.15) is 0 Å². The molecule has 20 heavy (non-hydrogen) atoms. The standard InChI is InChI=1S/C14H19N3O3/c1-10-5-6-13(17(19)20)12(8-10)14(18)16-11-4-2-3-7-15-9-11/h5-6,8,11,15H,2-4,7,9H2,1H3,(H,16,18). The first-order chi connectivity index (χ1) is 9.58. The van der Waals surface area contributed by atoms with Crippen molar-refractivity contribution in [1.82, 2.24) is 10.6 Å².